The summed E-state index contributed by atoms with van der Waals surface area (Å²) in [7, 11) is 3.21. The number of methoxy groups -OCH3 is 1. The van der Waals surface area contributed by atoms with E-state index in [-0.39, 0.29) is 31.8 Å². The number of rotatable bonds is 7. The molecule has 0 radical (unpaired) electrons. The number of likely N-dealkylation sites (N-methyl/N-ethyl adjacent to an activating group) is 1. The van der Waals surface area contributed by atoms with Crippen LogP contribution in [0.3, 0.4) is 0 Å². The number of anilines is 1. The molecule has 35 heavy (non-hydrogen) atoms. The van der Waals surface area contributed by atoms with Gasteiger partial charge in [-0.1, -0.05) is 0 Å². The highest BCUT2D eigenvalue weighted by molar-refractivity contribution is 5.91. The van der Waals surface area contributed by atoms with Crippen LogP contribution in [0.1, 0.15) is 17.1 Å². The number of pyridine rings is 1. The first-order valence-electron chi connectivity index (χ1n) is 10.7. The number of benzene rings is 1. The molecule has 0 saturated carbocycles. The van der Waals surface area contributed by atoms with Gasteiger partial charge in [0.2, 0.25) is 5.91 Å². The summed E-state index contributed by atoms with van der Waals surface area (Å²) in [5.41, 5.74) is 0.0159. The van der Waals surface area contributed by atoms with Crippen molar-refractivity contribution in [1.82, 2.24) is 19.9 Å². The zero-order valence-electron chi connectivity index (χ0n) is 19.3. The van der Waals surface area contributed by atoms with Gasteiger partial charge in [0.25, 0.3) is 0 Å². The van der Waals surface area contributed by atoms with Crippen LogP contribution in [0.2, 0.25) is 0 Å². The molecular formula is C23H24F3N5O4. The molecule has 1 saturated heterocycles. The molecule has 1 N–H and O–H groups in total. The van der Waals surface area contributed by atoms with E-state index in [4.69, 9.17) is 14.2 Å². The van der Waals surface area contributed by atoms with Crippen molar-refractivity contribution in [1.29, 1.82) is 0 Å². The first-order valence-corrected chi connectivity index (χ1v) is 10.7. The van der Waals surface area contributed by atoms with Gasteiger partial charge in [-0.2, -0.15) is 13.2 Å². The van der Waals surface area contributed by atoms with Crippen LogP contribution in [0.5, 0.6) is 11.5 Å². The van der Waals surface area contributed by atoms with E-state index in [1.54, 1.807) is 31.0 Å². The fourth-order valence-electron chi connectivity index (χ4n) is 3.63. The monoisotopic (exact) mass is 491 g/mol. The number of alkyl halides is 3. The maximum absolute atomic E-state index is 13.0. The molecule has 3 heterocycles. The predicted octanol–water partition coefficient (Wildman–Crippen LogP) is 3.21. The van der Waals surface area contributed by atoms with Crippen molar-refractivity contribution in [3.63, 3.8) is 0 Å². The van der Waals surface area contributed by atoms with E-state index in [0.29, 0.717) is 46.2 Å². The Morgan fingerprint density at radius 1 is 1.23 bits per heavy atom. The van der Waals surface area contributed by atoms with Crippen LogP contribution in [0.4, 0.5) is 19.0 Å². The Morgan fingerprint density at radius 2 is 2.03 bits per heavy atom. The normalized spacial score (nSPS) is 16.5. The second-order valence-electron chi connectivity index (χ2n) is 8.06. The smallest absolute Gasteiger partial charge is 0.433 e. The zero-order valence-corrected chi connectivity index (χ0v) is 19.3. The van der Waals surface area contributed by atoms with Crippen LogP contribution in [0.25, 0.3) is 10.9 Å². The minimum absolute atomic E-state index is 0.00831. The number of hydrogen-bond acceptors (Lipinski definition) is 8. The number of ether oxygens (including phenoxy) is 3. The predicted molar refractivity (Wildman–Crippen MR) is 120 cm³/mol. The molecule has 0 bridgehead atoms. The Morgan fingerprint density at radius 3 is 2.74 bits per heavy atom. The molecule has 1 amide bonds. The van der Waals surface area contributed by atoms with Crippen LogP contribution in [0, 0.1) is 6.92 Å². The summed E-state index contributed by atoms with van der Waals surface area (Å²) >= 11 is 0. The van der Waals surface area contributed by atoms with Gasteiger partial charge in [-0.3, -0.25) is 9.78 Å². The topological polar surface area (TPSA) is 98.7 Å². The Labute approximate surface area is 199 Å². The van der Waals surface area contributed by atoms with E-state index >= 15 is 0 Å². The first-order chi connectivity index (χ1) is 16.6. The van der Waals surface area contributed by atoms with Crippen molar-refractivity contribution < 1.29 is 32.2 Å². The molecule has 1 aliphatic heterocycles. The Balaban J connectivity index is 1.57. The lowest BCUT2D eigenvalue weighted by atomic mass is 10.2. The van der Waals surface area contributed by atoms with Crippen molar-refractivity contribution in [2.24, 2.45) is 0 Å². The highest BCUT2D eigenvalue weighted by atomic mass is 19.4. The van der Waals surface area contributed by atoms with Crippen molar-refractivity contribution in [2.45, 2.75) is 25.7 Å². The average molecular weight is 491 g/mol. The van der Waals surface area contributed by atoms with Gasteiger partial charge in [0.1, 0.15) is 36.7 Å². The number of halogens is 3. The molecule has 0 unspecified atom stereocenters. The number of aromatic nitrogens is 3. The average Bonchev–Trinajstić information content (AvgIpc) is 2.82. The highest BCUT2D eigenvalue weighted by Gasteiger charge is 2.32. The molecule has 2 aromatic heterocycles. The van der Waals surface area contributed by atoms with Crippen LogP contribution < -0.4 is 14.8 Å². The van der Waals surface area contributed by atoms with Gasteiger partial charge < -0.3 is 24.4 Å². The molecule has 0 aliphatic carbocycles. The Kier molecular flexibility index (Phi) is 6.92. The fraction of sp³-hybridized carbons (Fsp3) is 0.391. The second kappa shape index (κ2) is 9.90. The molecule has 1 aliphatic rings. The largest absolute Gasteiger partial charge is 0.493 e. The van der Waals surface area contributed by atoms with Crippen molar-refractivity contribution in [3.05, 3.63) is 47.5 Å². The van der Waals surface area contributed by atoms with Crippen LogP contribution in [-0.2, 0) is 22.3 Å². The number of aryl methyl sites for hydroxylation is 1. The Hall–Kier alpha value is -3.67. The first kappa shape index (κ1) is 24.5. The number of morpholine rings is 1. The number of fused-ring (bicyclic) bond motifs is 1. The quantitative estimate of drug-likeness (QED) is 0.538. The molecular weight excluding hydrogens is 467 g/mol. The maximum atomic E-state index is 13.0. The summed E-state index contributed by atoms with van der Waals surface area (Å²) in [5.74, 6) is 1.69. The standard InChI is InChI=1S/C23H24F3N5O4/c1-13-29-17-8-18(33-3)19(35-11-15-10-31(2)21(32)12-34-15)7-16(17)22(30-13)28-9-14-4-5-27-20(6-14)23(24,25)26/h4-8,15H,9-12H2,1-3H3,(H,28,29,30)/t15-/m0/s1. The lowest BCUT2D eigenvalue weighted by molar-refractivity contribution is -0.148. The fourth-order valence-corrected chi connectivity index (χ4v) is 3.63. The summed E-state index contributed by atoms with van der Waals surface area (Å²) in [6.07, 6.45) is -3.71. The van der Waals surface area contributed by atoms with Gasteiger partial charge in [0, 0.05) is 37.8 Å². The second-order valence-corrected chi connectivity index (χ2v) is 8.06. The van der Waals surface area contributed by atoms with Crippen LogP contribution in [0.15, 0.2) is 30.5 Å². The highest BCUT2D eigenvalue weighted by Crippen LogP contribution is 2.35. The lowest BCUT2D eigenvalue weighted by Gasteiger charge is -2.29. The number of nitrogens with zero attached hydrogens (tertiary/aromatic N) is 4. The Bertz CT molecular complexity index is 1240. The van der Waals surface area contributed by atoms with E-state index in [1.807, 2.05) is 0 Å². The molecule has 4 rings (SSSR count). The third-order valence-corrected chi connectivity index (χ3v) is 5.44. The third kappa shape index (κ3) is 5.70. The van der Waals surface area contributed by atoms with Gasteiger partial charge in [0.05, 0.1) is 12.6 Å². The van der Waals surface area contributed by atoms with Crippen molar-refractivity contribution in [2.75, 3.05) is 39.2 Å². The van der Waals surface area contributed by atoms with E-state index < -0.39 is 11.9 Å². The summed E-state index contributed by atoms with van der Waals surface area (Å²) in [5, 5.41) is 3.70. The van der Waals surface area contributed by atoms with Crippen LogP contribution in [-0.4, -0.2) is 65.8 Å². The summed E-state index contributed by atoms with van der Waals surface area (Å²) in [6, 6.07) is 5.91. The van der Waals surface area contributed by atoms with Crippen LogP contribution >= 0.6 is 0 Å². The van der Waals surface area contributed by atoms with E-state index in [1.165, 1.54) is 13.2 Å². The molecule has 9 nitrogen and oxygen atoms in total. The molecule has 1 atom stereocenters. The molecule has 3 aromatic rings. The lowest BCUT2D eigenvalue weighted by Crippen LogP contribution is -2.46. The summed E-state index contributed by atoms with van der Waals surface area (Å²) < 4.78 is 55.9. The number of hydrogen-bond donors (Lipinski definition) is 1. The van der Waals surface area contributed by atoms with Gasteiger partial charge in [-0.05, 0) is 30.7 Å². The zero-order chi connectivity index (χ0) is 25.2. The minimum atomic E-state index is -4.53. The number of nitrogens with one attached hydrogen (secondary N) is 1. The van der Waals surface area contributed by atoms with E-state index in [9.17, 15) is 18.0 Å². The number of carbonyl (C=O) groups excluding carboxylic acids is 1. The number of amides is 1. The van der Waals surface area contributed by atoms with E-state index in [0.717, 1.165) is 12.3 Å². The SMILES string of the molecule is COc1cc2nc(C)nc(NCc3ccnc(C(F)(F)F)c3)c2cc1OC[C@@H]1CN(C)C(=O)CO1. The van der Waals surface area contributed by atoms with E-state index in [2.05, 4.69) is 20.3 Å². The summed E-state index contributed by atoms with van der Waals surface area (Å²) in [6.45, 7) is 2.39. The third-order valence-electron chi connectivity index (χ3n) is 5.44. The van der Waals surface area contributed by atoms with Gasteiger partial charge >= 0.3 is 6.18 Å². The molecule has 186 valence electrons. The van der Waals surface area contributed by atoms with Gasteiger partial charge in [-0.25, -0.2) is 9.97 Å². The molecule has 0 spiro atoms. The van der Waals surface area contributed by atoms with Crippen molar-refractivity contribution >= 4 is 22.6 Å². The summed E-state index contributed by atoms with van der Waals surface area (Å²) in [4.78, 5) is 25.5. The van der Waals surface area contributed by atoms with Gasteiger partial charge in [-0.15, -0.1) is 0 Å². The van der Waals surface area contributed by atoms with Crippen molar-refractivity contribution in [3.8, 4) is 11.5 Å². The minimum Gasteiger partial charge on any atom is -0.493 e. The molecule has 12 heteroatoms. The molecule has 1 fully saturated rings. The molecule has 1 aromatic carbocycles. The number of carbonyl (C=O) groups is 1. The maximum Gasteiger partial charge on any atom is 0.433 e. The van der Waals surface area contributed by atoms with Gasteiger partial charge in [0.15, 0.2) is 11.5 Å².